The van der Waals surface area contributed by atoms with Gasteiger partial charge in [0.25, 0.3) is 0 Å². The fraction of sp³-hybridized carbons (Fsp3) is 0.317. The number of hydrogen-bond acceptors (Lipinski definition) is 7. The summed E-state index contributed by atoms with van der Waals surface area (Å²) in [7, 11) is 3.21. The number of ether oxygens (including phenoxy) is 5. The molecule has 2 aliphatic rings. The topological polar surface area (TPSA) is 83.5 Å². The van der Waals surface area contributed by atoms with Gasteiger partial charge in [-0.05, 0) is 89.8 Å². The van der Waals surface area contributed by atoms with Gasteiger partial charge in [0.05, 0.1) is 14.2 Å². The molecule has 0 spiro atoms. The normalized spacial score (nSPS) is 15.8. The second-order valence-electron chi connectivity index (χ2n) is 12.3. The van der Waals surface area contributed by atoms with Gasteiger partial charge < -0.3 is 23.7 Å². The van der Waals surface area contributed by atoms with Crippen LogP contribution in [0.5, 0.6) is 17.2 Å². The first-order valence-electron chi connectivity index (χ1n) is 16.9. The molecule has 1 amide bonds. The van der Waals surface area contributed by atoms with Gasteiger partial charge in [-0.15, -0.1) is 0 Å². The molecule has 0 bridgehead atoms. The second kappa shape index (κ2) is 15.8. The number of esters is 1. The SMILES string of the molecule is C=CCOc1cccc([C@@H](CCc2ccc(OC)c(OC)c2)OC(=O)C2CCCCN2C(=O)OCC2c3ccccc3-c3ccccc32)c1. The first-order valence-corrected chi connectivity index (χ1v) is 16.9. The summed E-state index contributed by atoms with van der Waals surface area (Å²) in [5, 5.41) is 0. The van der Waals surface area contributed by atoms with Gasteiger partial charge >= 0.3 is 12.1 Å². The van der Waals surface area contributed by atoms with Crippen LogP contribution >= 0.6 is 0 Å². The fourth-order valence-corrected chi connectivity index (χ4v) is 6.88. The lowest BCUT2D eigenvalue weighted by Gasteiger charge is -2.34. The first-order chi connectivity index (χ1) is 24.0. The number of piperidine rings is 1. The van der Waals surface area contributed by atoms with E-state index in [9.17, 15) is 9.59 Å². The summed E-state index contributed by atoms with van der Waals surface area (Å²) in [6, 6.07) is 29.1. The summed E-state index contributed by atoms with van der Waals surface area (Å²) in [5.41, 5.74) is 6.42. The second-order valence-corrected chi connectivity index (χ2v) is 12.3. The highest BCUT2D eigenvalue weighted by Gasteiger charge is 2.37. The maximum absolute atomic E-state index is 14.0. The van der Waals surface area contributed by atoms with Crippen molar-refractivity contribution >= 4 is 12.1 Å². The lowest BCUT2D eigenvalue weighted by atomic mass is 9.98. The average Bonchev–Trinajstić information content (AvgIpc) is 3.47. The summed E-state index contributed by atoms with van der Waals surface area (Å²) in [4.78, 5) is 29.2. The van der Waals surface area contributed by atoms with Gasteiger partial charge in [-0.1, -0.05) is 79.4 Å². The molecule has 4 aromatic carbocycles. The smallest absolute Gasteiger partial charge is 0.410 e. The molecule has 1 aliphatic carbocycles. The Morgan fingerprint density at radius 1 is 0.878 bits per heavy atom. The number of carbonyl (C=O) groups is 2. The van der Waals surface area contributed by atoms with E-state index in [0.717, 1.165) is 46.2 Å². The van der Waals surface area contributed by atoms with Crippen LogP contribution in [-0.2, 0) is 20.7 Å². The molecule has 49 heavy (non-hydrogen) atoms. The van der Waals surface area contributed by atoms with E-state index >= 15 is 0 Å². The highest BCUT2D eigenvalue weighted by molar-refractivity contribution is 5.82. The van der Waals surface area contributed by atoms with Crippen molar-refractivity contribution in [3.63, 3.8) is 0 Å². The van der Waals surface area contributed by atoms with Crippen molar-refractivity contribution in [1.29, 1.82) is 0 Å². The molecule has 6 rings (SSSR count). The zero-order chi connectivity index (χ0) is 34.2. The third kappa shape index (κ3) is 7.59. The third-order valence-corrected chi connectivity index (χ3v) is 9.34. The zero-order valence-corrected chi connectivity index (χ0v) is 28.1. The van der Waals surface area contributed by atoms with Gasteiger partial charge in [-0.3, -0.25) is 4.90 Å². The van der Waals surface area contributed by atoms with Crippen LogP contribution in [0.4, 0.5) is 4.79 Å². The molecule has 0 saturated carbocycles. The van der Waals surface area contributed by atoms with E-state index in [0.29, 0.717) is 49.7 Å². The fourth-order valence-electron chi connectivity index (χ4n) is 6.88. The minimum absolute atomic E-state index is 0.0666. The van der Waals surface area contributed by atoms with Crippen molar-refractivity contribution in [2.24, 2.45) is 0 Å². The van der Waals surface area contributed by atoms with E-state index in [4.69, 9.17) is 23.7 Å². The van der Waals surface area contributed by atoms with Crippen molar-refractivity contribution in [2.45, 2.75) is 50.2 Å². The number of likely N-dealkylation sites (tertiary alicyclic amines) is 1. The molecule has 1 saturated heterocycles. The predicted molar refractivity (Wildman–Crippen MR) is 188 cm³/mol. The van der Waals surface area contributed by atoms with E-state index in [1.807, 2.05) is 66.7 Å². The molecule has 1 aliphatic heterocycles. The Morgan fingerprint density at radius 3 is 2.33 bits per heavy atom. The van der Waals surface area contributed by atoms with Crippen molar-refractivity contribution in [3.8, 4) is 28.4 Å². The van der Waals surface area contributed by atoms with Crippen LogP contribution in [-0.4, -0.2) is 57.0 Å². The van der Waals surface area contributed by atoms with Crippen LogP contribution in [0.1, 0.15) is 60.0 Å². The number of aryl methyl sites for hydroxylation is 1. The molecule has 8 nitrogen and oxygen atoms in total. The maximum Gasteiger partial charge on any atom is 0.410 e. The van der Waals surface area contributed by atoms with E-state index < -0.39 is 24.2 Å². The Morgan fingerprint density at radius 2 is 1.61 bits per heavy atom. The van der Waals surface area contributed by atoms with Gasteiger partial charge in [0.15, 0.2) is 11.5 Å². The number of hydrogen-bond donors (Lipinski definition) is 0. The highest BCUT2D eigenvalue weighted by Crippen LogP contribution is 2.44. The van der Waals surface area contributed by atoms with Gasteiger partial charge in [-0.2, -0.15) is 0 Å². The lowest BCUT2D eigenvalue weighted by molar-refractivity contribution is -0.157. The molecule has 1 unspecified atom stereocenters. The molecule has 4 aromatic rings. The number of nitrogens with zero attached hydrogens (tertiary/aromatic N) is 1. The molecule has 0 N–H and O–H groups in total. The van der Waals surface area contributed by atoms with Crippen molar-refractivity contribution in [1.82, 2.24) is 4.90 Å². The monoisotopic (exact) mass is 661 g/mol. The summed E-state index contributed by atoms with van der Waals surface area (Å²) in [6.07, 6.45) is 3.83. The molecule has 8 heteroatoms. The molecule has 2 atom stereocenters. The summed E-state index contributed by atoms with van der Waals surface area (Å²) in [5.74, 6) is 1.43. The number of methoxy groups -OCH3 is 2. The van der Waals surface area contributed by atoms with Crippen molar-refractivity contribution in [2.75, 3.05) is 34.0 Å². The quantitative estimate of drug-likeness (QED) is 0.105. The molecule has 1 heterocycles. The molecule has 1 fully saturated rings. The number of fused-ring (bicyclic) bond motifs is 3. The third-order valence-electron chi connectivity index (χ3n) is 9.34. The standard InChI is InChI=1S/C41H43NO7/c1-4-24-47-30-13-11-12-29(26-30)37(21-19-28-20-22-38(45-2)39(25-28)46-3)49-40(43)36-18-9-10-23-42(36)41(44)48-27-35-33-16-7-5-14-31(33)32-15-6-8-17-34(32)35/h4-8,11-17,20,22,25-26,35-37H,1,9-10,18-19,21,23-24,27H2,2-3H3/t36?,37-/m1/s1. The summed E-state index contributed by atoms with van der Waals surface area (Å²) in [6.45, 7) is 4.71. The van der Waals surface area contributed by atoms with Crippen LogP contribution in [0.2, 0.25) is 0 Å². The molecule has 0 radical (unpaired) electrons. The van der Waals surface area contributed by atoms with Crippen LogP contribution in [0.25, 0.3) is 11.1 Å². The van der Waals surface area contributed by atoms with Crippen LogP contribution in [0, 0.1) is 0 Å². The van der Waals surface area contributed by atoms with Crippen molar-refractivity contribution < 1.29 is 33.3 Å². The summed E-state index contributed by atoms with van der Waals surface area (Å²) < 4.78 is 29.0. The molecular formula is C41H43NO7. The lowest BCUT2D eigenvalue weighted by Crippen LogP contribution is -2.49. The van der Waals surface area contributed by atoms with E-state index in [1.54, 1.807) is 25.2 Å². The minimum atomic E-state index is -0.742. The largest absolute Gasteiger partial charge is 0.493 e. The minimum Gasteiger partial charge on any atom is -0.493 e. The number of benzene rings is 4. The van der Waals surface area contributed by atoms with Gasteiger partial charge in [0.2, 0.25) is 0 Å². The highest BCUT2D eigenvalue weighted by atomic mass is 16.6. The Bertz CT molecular complexity index is 1740. The van der Waals surface area contributed by atoms with Crippen LogP contribution < -0.4 is 14.2 Å². The summed E-state index contributed by atoms with van der Waals surface area (Å²) >= 11 is 0. The van der Waals surface area contributed by atoms with Gasteiger partial charge in [-0.25, -0.2) is 9.59 Å². The van der Waals surface area contributed by atoms with Crippen molar-refractivity contribution in [3.05, 3.63) is 126 Å². The Hall–Kier alpha value is -5.24. The van der Waals surface area contributed by atoms with E-state index in [1.165, 1.54) is 0 Å². The van der Waals surface area contributed by atoms with Crippen LogP contribution in [0.3, 0.4) is 0 Å². The van der Waals surface area contributed by atoms with Gasteiger partial charge in [0, 0.05) is 12.5 Å². The van der Waals surface area contributed by atoms with E-state index in [2.05, 4.69) is 30.8 Å². The Balaban J connectivity index is 1.18. The average molecular weight is 662 g/mol. The number of rotatable bonds is 13. The zero-order valence-electron chi connectivity index (χ0n) is 28.1. The molecular weight excluding hydrogens is 618 g/mol. The molecule has 254 valence electrons. The van der Waals surface area contributed by atoms with Crippen LogP contribution in [0.15, 0.2) is 104 Å². The van der Waals surface area contributed by atoms with Gasteiger partial charge in [0.1, 0.15) is 31.1 Å². The Labute approximate surface area is 288 Å². The van der Waals surface area contributed by atoms with E-state index in [-0.39, 0.29) is 12.5 Å². The number of carbonyl (C=O) groups excluding carboxylic acids is 2. The predicted octanol–water partition coefficient (Wildman–Crippen LogP) is 8.29. The number of amides is 1. The Kier molecular flexibility index (Phi) is 10.8. The first kappa shape index (κ1) is 33.7. The molecule has 0 aromatic heterocycles. The maximum atomic E-state index is 14.0.